The number of nitrogens with one attached hydrogen (secondary N) is 1. The van der Waals surface area contributed by atoms with Crippen LogP contribution in [0.4, 0.5) is 5.69 Å². The van der Waals surface area contributed by atoms with E-state index in [0.29, 0.717) is 16.5 Å². The first-order valence-electron chi connectivity index (χ1n) is 7.29. The van der Waals surface area contributed by atoms with Gasteiger partial charge in [-0.05, 0) is 36.8 Å². The summed E-state index contributed by atoms with van der Waals surface area (Å²) >= 11 is 6.01. The summed E-state index contributed by atoms with van der Waals surface area (Å²) < 4.78 is 30.1. The second-order valence-electron chi connectivity index (χ2n) is 5.44. The molecule has 2 rings (SSSR count). The van der Waals surface area contributed by atoms with Crippen molar-refractivity contribution in [1.82, 2.24) is 4.31 Å². The topological polar surface area (TPSA) is 79.6 Å². The molecular formula is C16H19ClN2O4S. The lowest BCUT2D eigenvalue weighted by molar-refractivity contribution is -0.116. The average molecular weight is 371 g/mol. The summed E-state index contributed by atoms with van der Waals surface area (Å²) in [6, 6.07) is 8.58. The number of aryl methyl sites for hydroxylation is 1. The van der Waals surface area contributed by atoms with E-state index in [1.165, 1.54) is 10.6 Å². The molecule has 0 aliphatic carbocycles. The molecule has 0 saturated carbocycles. The molecule has 1 N–H and O–H groups in total. The van der Waals surface area contributed by atoms with Crippen LogP contribution in [0.3, 0.4) is 0 Å². The third-order valence-corrected chi connectivity index (χ3v) is 5.08. The minimum atomic E-state index is -3.45. The van der Waals surface area contributed by atoms with Crippen molar-refractivity contribution in [3.8, 4) is 0 Å². The Morgan fingerprint density at radius 1 is 1.33 bits per heavy atom. The van der Waals surface area contributed by atoms with E-state index < -0.39 is 10.0 Å². The van der Waals surface area contributed by atoms with Crippen LogP contribution in [0.5, 0.6) is 0 Å². The Morgan fingerprint density at radius 2 is 2.08 bits per heavy atom. The molecule has 0 aliphatic rings. The van der Waals surface area contributed by atoms with Crippen molar-refractivity contribution in [1.29, 1.82) is 0 Å². The van der Waals surface area contributed by atoms with E-state index in [1.54, 1.807) is 30.3 Å². The van der Waals surface area contributed by atoms with Crippen LogP contribution in [0.1, 0.15) is 17.7 Å². The molecule has 0 saturated heterocycles. The molecule has 1 heterocycles. The molecule has 6 nitrogen and oxygen atoms in total. The molecule has 24 heavy (non-hydrogen) atoms. The number of carbonyl (C=O) groups excluding carboxylic acids is 1. The Hall–Kier alpha value is -1.83. The van der Waals surface area contributed by atoms with Crippen molar-refractivity contribution in [2.45, 2.75) is 19.9 Å². The highest BCUT2D eigenvalue weighted by atomic mass is 35.5. The zero-order valence-corrected chi connectivity index (χ0v) is 15.0. The molecule has 2 aromatic rings. The van der Waals surface area contributed by atoms with E-state index in [9.17, 15) is 13.2 Å². The first kappa shape index (κ1) is 18.5. The summed E-state index contributed by atoms with van der Waals surface area (Å²) in [6.07, 6.45) is 2.61. The number of nitrogens with zero attached hydrogens (tertiary/aromatic N) is 1. The van der Waals surface area contributed by atoms with E-state index in [-0.39, 0.29) is 25.4 Å². The number of rotatable bonds is 7. The lowest BCUT2D eigenvalue weighted by atomic mass is 10.2. The molecule has 0 fully saturated rings. The predicted octanol–water partition coefficient (Wildman–Crippen LogP) is 3.03. The first-order valence-corrected chi connectivity index (χ1v) is 9.52. The highest BCUT2D eigenvalue weighted by Gasteiger charge is 2.19. The SMILES string of the molecule is Cc1ccc(NC(=O)CCN(Cc2ccco2)S(C)(=O)=O)cc1Cl. The van der Waals surface area contributed by atoms with Crippen LogP contribution in [0.15, 0.2) is 41.0 Å². The van der Waals surface area contributed by atoms with Gasteiger partial charge in [0.15, 0.2) is 0 Å². The minimum absolute atomic E-state index is 0.0271. The molecule has 0 atom stereocenters. The van der Waals surface area contributed by atoms with Gasteiger partial charge in [-0.1, -0.05) is 17.7 Å². The van der Waals surface area contributed by atoms with Gasteiger partial charge in [-0.2, -0.15) is 4.31 Å². The number of halogens is 1. The van der Waals surface area contributed by atoms with Crippen molar-refractivity contribution < 1.29 is 17.6 Å². The van der Waals surface area contributed by atoms with Crippen molar-refractivity contribution in [2.75, 3.05) is 18.1 Å². The van der Waals surface area contributed by atoms with Gasteiger partial charge >= 0.3 is 0 Å². The van der Waals surface area contributed by atoms with E-state index in [1.807, 2.05) is 6.92 Å². The number of furan rings is 1. The number of hydrogen-bond acceptors (Lipinski definition) is 4. The number of carbonyl (C=O) groups is 1. The number of sulfonamides is 1. The molecule has 1 amide bonds. The standard InChI is InChI=1S/C16H19ClN2O4S/c1-12-5-6-13(10-15(12)17)18-16(20)7-8-19(24(2,21)22)11-14-4-3-9-23-14/h3-6,9-10H,7-8,11H2,1-2H3,(H,18,20). The molecule has 0 radical (unpaired) electrons. The smallest absolute Gasteiger partial charge is 0.225 e. The zero-order chi connectivity index (χ0) is 17.7. The van der Waals surface area contributed by atoms with Gasteiger partial charge in [0, 0.05) is 23.7 Å². The van der Waals surface area contributed by atoms with E-state index in [4.69, 9.17) is 16.0 Å². The van der Waals surface area contributed by atoms with Crippen molar-refractivity contribution in [2.24, 2.45) is 0 Å². The number of benzene rings is 1. The second kappa shape index (κ2) is 7.83. The molecule has 130 valence electrons. The van der Waals surface area contributed by atoms with Crippen LogP contribution in [0.25, 0.3) is 0 Å². The molecule has 8 heteroatoms. The third kappa shape index (κ3) is 5.36. The summed E-state index contributed by atoms with van der Waals surface area (Å²) in [7, 11) is -3.45. The monoisotopic (exact) mass is 370 g/mol. The van der Waals surface area contributed by atoms with Crippen LogP contribution >= 0.6 is 11.6 Å². The average Bonchev–Trinajstić information content (AvgIpc) is 2.99. The van der Waals surface area contributed by atoms with Crippen molar-refractivity contribution >= 4 is 33.2 Å². The fourth-order valence-corrected chi connectivity index (χ4v) is 3.02. The Morgan fingerprint density at radius 3 is 2.67 bits per heavy atom. The molecule has 0 aliphatic heterocycles. The minimum Gasteiger partial charge on any atom is -0.468 e. The summed E-state index contributed by atoms with van der Waals surface area (Å²) in [4.78, 5) is 12.0. The highest BCUT2D eigenvalue weighted by Crippen LogP contribution is 2.20. The molecule has 1 aromatic carbocycles. The van der Waals surface area contributed by atoms with Gasteiger partial charge in [0.2, 0.25) is 15.9 Å². The fourth-order valence-electron chi connectivity index (χ4n) is 2.06. The molecule has 0 bridgehead atoms. The second-order valence-corrected chi connectivity index (χ2v) is 7.83. The molecular weight excluding hydrogens is 352 g/mol. The summed E-state index contributed by atoms with van der Waals surface area (Å²) in [5.74, 6) is 0.231. The van der Waals surface area contributed by atoms with Gasteiger partial charge in [0.25, 0.3) is 0 Å². The maximum absolute atomic E-state index is 12.0. The Bertz CT molecular complexity index is 803. The van der Waals surface area contributed by atoms with Gasteiger partial charge in [0.1, 0.15) is 5.76 Å². The van der Waals surface area contributed by atoms with E-state index in [0.717, 1.165) is 11.8 Å². The lowest BCUT2D eigenvalue weighted by Crippen LogP contribution is -2.32. The first-order chi connectivity index (χ1) is 11.3. The zero-order valence-electron chi connectivity index (χ0n) is 13.5. The Kier molecular flexibility index (Phi) is 6.04. The summed E-state index contributed by atoms with van der Waals surface area (Å²) in [5, 5.41) is 3.27. The van der Waals surface area contributed by atoms with Crippen LogP contribution in [-0.2, 0) is 21.4 Å². The van der Waals surface area contributed by atoms with E-state index in [2.05, 4.69) is 5.32 Å². The van der Waals surface area contributed by atoms with Crippen LogP contribution < -0.4 is 5.32 Å². The van der Waals surface area contributed by atoms with Gasteiger partial charge in [0.05, 0.1) is 19.1 Å². The van der Waals surface area contributed by atoms with Crippen LogP contribution in [0.2, 0.25) is 5.02 Å². The number of amides is 1. The normalized spacial score (nSPS) is 11.7. The van der Waals surface area contributed by atoms with E-state index >= 15 is 0 Å². The molecule has 0 spiro atoms. The number of anilines is 1. The van der Waals surface area contributed by atoms with Crippen LogP contribution in [-0.4, -0.2) is 31.4 Å². The lowest BCUT2D eigenvalue weighted by Gasteiger charge is -2.18. The molecule has 0 unspecified atom stereocenters. The van der Waals surface area contributed by atoms with Gasteiger partial charge in [-0.15, -0.1) is 0 Å². The highest BCUT2D eigenvalue weighted by molar-refractivity contribution is 7.88. The quantitative estimate of drug-likeness (QED) is 0.812. The number of hydrogen-bond donors (Lipinski definition) is 1. The van der Waals surface area contributed by atoms with Crippen LogP contribution in [0, 0.1) is 6.92 Å². The summed E-state index contributed by atoms with van der Waals surface area (Å²) in [6.45, 7) is 2.02. The predicted molar refractivity (Wildman–Crippen MR) is 93.4 cm³/mol. The Balaban J connectivity index is 1.95. The largest absolute Gasteiger partial charge is 0.468 e. The maximum atomic E-state index is 12.0. The van der Waals surface area contributed by atoms with Gasteiger partial charge < -0.3 is 9.73 Å². The van der Waals surface area contributed by atoms with Crippen molar-refractivity contribution in [3.63, 3.8) is 0 Å². The van der Waals surface area contributed by atoms with Gasteiger partial charge in [-0.3, -0.25) is 4.79 Å². The third-order valence-electron chi connectivity index (χ3n) is 3.43. The van der Waals surface area contributed by atoms with Crippen molar-refractivity contribution in [3.05, 3.63) is 52.9 Å². The Labute approximate surface area is 146 Å². The summed E-state index contributed by atoms with van der Waals surface area (Å²) in [5.41, 5.74) is 1.49. The molecule has 1 aromatic heterocycles. The maximum Gasteiger partial charge on any atom is 0.225 e. The van der Waals surface area contributed by atoms with Gasteiger partial charge in [-0.25, -0.2) is 8.42 Å². The fraction of sp³-hybridized carbons (Fsp3) is 0.312.